The molecule has 0 aliphatic carbocycles. The number of para-hydroxylation sites is 1. The van der Waals surface area contributed by atoms with E-state index in [1.165, 1.54) is 11.8 Å². The normalized spacial score (nSPS) is 12.1. The molecule has 1 atom stereocenters. The van der Waals surface area contributed by atoms with Gasteiger partial charge < -0.3 is 5.32 Å². The maximum absolute atomic E-state index is 13.1. The molecule has 1 N–H and O–H groups in total. The predicted octanol–water partition coefficient (Wildman–Crippen LogP) is 2.84. The van der Waals surface area contributed by atoms with E-state index in [9.17, 15) is 9.59 Å². The Hall–Kier alpha value is -2.60. The van der Waals surface area contributed by atoms with E-state index >= 15 is 0 Å². The number of thioether (sulfide) groups is 1. The quantitative estimate of drug-likeness (QED) is 0.566. The number of aromatic nitrogens is 2. The topological polar surface area (TPSA) is 64.0 Å². The highest BCUT2D eigenvalue weighted by Crippen LogP contribution is 2.24. The third-order valence-corrected chi connectivity index (χ3v) is 5.01. The first-order valence-electron chi connectivity index (χ1n) is 8.01. The number of carbonyl (C=O) groups excluding carboxylic acids is 1. The summed E-state index contributed by atoms with van der Waals surface area (Å²) in [5.74, 6) is 0.106. The molecule has 0 bridgehead atoms. The van der Waals surface area contributed by atoms with Crippen molar-refractivity contribution in [3.63, 3.8) is 0 Å². The number of nitrogens with one attached hydrogen (secondary N) is 1. The summed E-state index contributed by atoms with van der Waals surface area (Å²) in [6, 6.07) is 16.9. The molecule has 5 nitrogen and oxygen atoms in total. The minimum absolute atomic E-state index is 0.0960. The van der Waals surface area contributed by atoms with Gasteiger partial charge in [0.25, 0.3) is 5.56 Å². The van der Waals surface area contributed by atoms with E-state index in [4.69, 9.17) is 0 Å². The van der Waals surface area contributed by atoms with Crippen LogP contribution in [0.5, 0.6) is 0 Å². The summed E-state index contributed by atoms with van der Waals surface area (Å²) in [6.07, 6.45) is 0. The van der Waals surface area contributed by atoms with Gasteiger partial charge >= 0.3 is 0 Å². The Labute approximate surface area is 150 Å². The maximum atomic E-state index is 13.1. The van der Waals surface area contributed by atoms with Crippen LogP contribution >= 0.6 is 11.8 Å². The molecule has 0 fully saturated rings. The number of hydrogen-bond acceptors (Lipinski definition) is 4. The molecule has 0 saturated carbocycles. The van der Waals surface area contributed by atoms with Gasteiger partial charge in [-0.3, -0.25) is 14.2 Å². The van der Waals surface area contributed by atoms with Crippen LogP contribution in [0.2, 0.25) is 0 Å². The summed E-state index contributed by atoms with van der Waals surface area (Å²) < 4.78 is 1.67. The summed E-state index contributed by atoms with van der Waals surface area (Å²) in [7, 11) is 1.59. The van der Waals surface area contributed by atoms with E-state index < -0.39 is 0 Å². The lowest BCUT2D eigenvalue weighted by Gasteiger charge is -2.19. The second-order valence-electron chi connectivity index (χ2n) is 5.64. The highest BCUT2D eigenvalue weighted by atomic mass is 32.2. The van der Waals surface area contributed by atoms with Gasteiger partial charge in [0.15, 0.2) is 5.16 Å². The van der Waals surface area contributed by atoms with Crippen LogP contribution in [0.1, 0.15) is 18.5 Å². The Morgan fingerprint density at radius 2 is 1.84 bits per heavy atom. The van der Waals surface area contributed by atoms with Crippen LogP contribution in [0, 0.1) is 0 Å². The fraction of sp³-hybridized carbons (Fsp3) is 0.211. The zero-order valence-electron chi connectivity index (χ0n) is 14.1. The van der Waals surface area contributed by atoms with Crippen molar-refractivity contribution in [1.82, 2.24) is 14.9 Å². The molecule has 2 aromatic carbocycles. The number of hydrogen-bond donors (Lipinski definition) is 1. The number of rotatable bonds is 5. The summed E-state index contributed by atoms with van der Waals surface area (Å²) in [5.41, 5.74) is 1.56. The zero-order valence-corrected chi connectivity index (χ0v) is 14.9. The van der Waals surface area contributed by atoms with Crippen LogP contribution in [-0.4, -0.2) is 28.3 Å². The molecule has 0 aliphatic heterocycles. The number of carbonyl (C=O) groups is 1. The molecule has 128 valence electrons. The Kier molecular flexibility index (Phi) is 5.19. The van der Waals surface area contributed by atoms with Crippen molar-refractivity contribution >= 4 is 28.6 Å². The highest BCUT2D eigenvalue weighted by Gasteiger charge is 2.18. The second kappa shape index (κ2) is 7.53. The largest absolute Gasteiger partial charge is 0.358 e. The van der Waals surface area contributed by atoms with E-state index in [0.717, 1.165) is 5.56 Å². The Morgan fingerprint density at radius 1 is 1.16 bits per heavy atom. The summed E-state index contributed by atoms with van der Waals surface area (Å²) >= 11 is 1.27. The first-order chi connectivity index (χ1) is 12.1. The highest BCUT2D eigenvalue weighted by molar-refractivity contribution is 7.99. The molecule has 1 heterocycles. The van der Waals surface area contributed by atoms with Gasteiger partial charge in [-0.1, -0.05) is 54.2 Å². The molecule has 0 aliphatic rings. The van der Waals surface area contributed by atoms with Crippen molar-refractivity contribution < 1.29 is 4.79 Å². The molecule has 0 radical (unpaired) electrons. The van der Waals surface area contributed by atoms with Gasteiger partial charge in [0, 0.05) is 7.05 Å². The summed E-state index contributed by atoms with van der Waals surface area (Å²) in [5, 5.41) is 3.72. The van der Waals surface area contributed by atoms with Crippen LogP contribution in [-0.2, 0) is 4.79 Å². The fourth-order valence-electron chi connectivity index (χ4n) is 2.65. The van der Waals surface area contributed by atoms with Crippen molar-refractivity contribution in [3.05, 3.63) is 70.5 Å². The van der Waals surface area contributed by atoms with Gasteiger partial charge in [-0.2, -0.15) is 0 Å². The van der Waals surface area contributed by atoms with Crippen molar-refractivity contribution in [2.75, 3.05) is 12.8 Å². The molecule has 0 spiro atoms. The average Bonchev–Trinajstić information content (AvgIpc) is 2.66. The lowest BCUT2D eigenvalue weighted by molar-refractivity contribution is -0.118. The first-order valence-corrected chi connectivity index (χ1v) is 9.00. The second-order valence-corrected chi connectivity index (χ2v) is 6.58. The van der Waals surface area contributed by atoms with E-state index in [2.05, 4.69) is 10.3 Å². The fourth-order valence-corrected chi connectivity index (χ4v) is 3.60. The molecule has 0 unspecified atom stereocenters. The van der Waals surface area contributed by atoms with Crippen LogP contribution in [0.3, 0.4) is 0 Å². The lowest BCUT2D eigenvalue weighted by Crippen LogP contribution is -2.28. The van der Waals surface area contributed by atoms with E-state index in [1.54, 1.807) is 17.7 Å². The van der Waals surface area contributed by atoms with E-state index in [1.807, 2.05) is 55.5 Å². The molecule has 3 aromatic rings. The van der Waals surface area contributed by atoms with Crippen molar-refractivity contribution in [2.45, 2.75) is 18.1 Å². The first kappa shape index (κ1) is 17.2. The molecule has 1 aromatic heterocycles. The molecule has 0 saturated heterocycles. The molecule has 3 rings (SSSR count). The average molecular weight is 353 g/mol. The SMILES string of the molecule is CNC(=O)CSc1nc2ccccc2c(=O)n1[C@@H](C)c1ccccc1. The molecule has 6 heteroatoms. The Balaban J connectivity index is 2.14. The van der Waals surface area contributed by atoms with Gasteiger partial charge in [0.1, 0.15) is 0 Å². The summed E-state index contributed by atoms with van der Waals surface area (Å²) in [6.45, 7) is 1.97. The van der Waals surface area contributed by atoms with Crippen molar-refractivity contribution in [1.29, 1.82) is 0 Å². The van der Waals surface area contributed by atoms with Crippen molar-refractivity contribution in [3.8, 4) is 0 Å². The van der Waals surface area contributed by atoms with Crippen LogP contribution in [0.15, 0.2) is 64.5 Å². The number of fused-ring (bicyclic) bond motifs is 1. The van der Waals surface area contributed by atoms with Crippen LogP contribution in [0.25, 0.3) is 10.9 Å². The van der Waals surface area contributed by atoms with Crippen LogP contribution in [0.4, 0.5) is 0 Å². The van der Waals surface area contributed by atoms with E-state index in [-0.39, 0.29) is 23.3 Å². The lowest BCUT2D eigenvalue weighted by atomic mass is 10.1. The maximum Gasteiger partial charge on any atom is 0.262 e. The third kappa shape index (κ3) is 3.58. The molecular weight excluding hydrogens is 334 g/mol. The summed E-state index contributed by atoms with van der Waals surface area (Å²) in [4.78, 5) is 29.4. The Morgan fingerprint density at radius 3 is 2.56 bits per heavy atom. The predicted molar refractivity (Wildman–Crippen MR) is 101 cm³/mol. The number of nitrogens with zero attached hydrogens (tertiary/aromatic N) is 2. The van der Waals surface area contributed by atoms with E-state index in [0.29, 0.717) is 16.1 Å². The number of amides is 1. The van der Waals surface area contributed by atoms with Gasteiger partial charge in [0.2, 0.25) is 5.91 Å². The minimum atomic E-state index is -0.182. The van der Waals surface area contributed by atoms with Crippen LogP contribution < -0.4 is 10.9 Å². The molecule has 1 amide bonds. The standard InChI is InChI=1S/C19H19N3O2S/c1-13(14-8-4-3-5-9-14)22-18(24)15-10-6-7-11-16(15)21-19(22)25-12-17(23)20-2/h3-11,13H,12H2,1-2H3,(H,20,23)/t13-/m0/s1. The zero-order chi connectivity index (χ0) is 17.8. The molecular formula is C19H19N3O2S. The third-order valence-electron chi connectivity index (χ3n) is 4.06. The van der Waals surface area contributed by atoms with Gasteiger partial charge in [-0.05, 0) is 24.6 Å². The smallest absolute Gasteiger partial charge is 0.262 e. The van der Waals surface area contributed by atoms with Crippen molar-refractivity contribution in [2.24, 2.45) is 0 Å². The van der Waals surface area contributed by atoms with Gasteiger partial charge in [0.05, 0.1) is 22.7 Å². The number of benzene rings is 2. The Bertz CT molecular complexity index is 954. The monoisotopic (exact) mass is 353 g/mol. The van der Waals surface area contributed by atoms with Gasteiger partial charge in [-0.25, -0.2) is 4.98 Å². The van der Waals surface area contributed by atoms with Gasteiger partial charge in [-0.15, -0.1) is 0 Å². The minimum Gasteiger partial charge on any atom is -0.358 e. The molecule has 25 heavy (non-hydrogen) atoms.